The number of hydrogen-bond donors (Lipinski definition) is 0. The van der Waals surface area contributed by atoms with E-state index in [1.807, 2.05) is 91.0 Å². The summed E-state index contributed by atoms with van der Waals surface area (Å²) in [6, 6.07) is 35.0. The van der Waals surface area contributed by atoms with E-state index in [-0.39, 0.29) is 108 Å². The van der Waals surface area contributed by atoms with Gasteiger partial charge in [-0.25, -0.2) is 25.3 Å². The molecule has 0 saturated heterocycles. The van der Waals surface area contributed by atoms with E-state index in [1.54, 1.807) is 32.9 Å². The van der Waals surface area contributed by atoms with Gasteiger partial charge in [-0.15, -0.1) is 0 Å². The molecule has 0 amide bonds. The Hall–Kier alpha value is -0.510. The van der Waals surface area contributed by atoms with Crippen molar-refractivity contribution in [1.29, 1.82) is 0 Å². The third-order valence-corrected chi connectivity index (χ3v) is 11.5. The molecule has 18 heteroatoms. The van der Waals surface area contributed by atoms with Gasteiger partial charge in [0.2, 0.25) is 0 Å². The van der Waals surface area contributed by atoms with Crippen LogP contribution in [0.2, 0.25) is 0 Å². The zero-order chi connectivity index (χ0) is 41.2. The van der Waals surface area contributed by atoms with Crippen LogP contribution in [0.25, 0.3) is 0 Å². The molecule has 0 aliphatic rings. The molecule has 0 atom stereocenters. The van der Waals surface area contributed by atoms with Gasteiger partial charge in [0.15, 0.2) is 0 Å². The molecular weight excluding hydrogens is 856 g/mol. The average Bonchev–Trinajstić information content (AvgIpc) is 3.13. The van der Waals surface area contributed by atoms with Crippen LogP contribution in [-0.4, -0.2) is 90.9 Å². The van der Waals surface area contributed by atoms with E-state index in [0.29, 0.717) is 55.6 Å². The zero-order valence-electron chi connectivity index (χ0n) is 35.4. The van der Waals surface area contributed by atoms with Gasteiger partial charge in [0.25, 0.3) is 0 Å². The third kappa shape index (κ3) is 26.3. The first kappa shape index (κ1) is 57.5. The van der Waals surface area contributed by atoms with Gasteiger partial charge >= 0.3 is 88.7 Å². The molecule has 60 heavy (non-hydrogen) atoms. The molecule has 4 aromatic rings. The summed E-state index contributed by atoms with van der Waals surface area (Å²) in [4.78, 5) is 4.68. The fraction of sp³-hybridized carbons (Fsp3) is 0.429. The minimum atomic E-state index is -4.64. The Labute approximate surface area is 425 Å². The number of rotatable bonds is 27. The first-order valence-corrected chi connectivity index (χ1v) is 24.0. The van der Waals surface area contributed by atoms with Gasteiger partial charge in [-0.3, -0.25) is 14.7 Å². The van der Waals surface area contributed by atoms with E-state index in [2.05, 4.69) is 0 Å². The predicted molar refractivity (Wildman–Crippen MR) is 220 cm³/mol. The fourth-order valence-electron chi connectivity index (χ4n) is 7.05. The molecule has 0 unspecified atom stereocenters. The minimum Gasteiger partial charge on any atom is -0.747 e. The van der Waals surface area contributed by atoms with E-state index in [4.69, 9.17) is 0 Å². The number of hydrogen-bond acceptors (Lipinski definition) is 12. The summed E-state index contributed by atoms with van der Waals surface area (Å²) >= 11 is 0. The summed E-state index contributed by atoms with van der Waals surface area (Å²) in [7, 11) is -13.9. The van der Waals surface area contributed by atoms with E-state index in [0.717, 1.165) is 55.2 Å². The number of benzene rings is 4. The Balaban J connectivity index is 0.00000600. The van der Waals surface area contributed by atoms with E-state index in [9.17, 15) is 38.9 Å². The summed E-state index contributed by atoms with van der Waals surface area (Å²) < 4.78 is 108. The van der Waals surface area contributed by atoms with Gasteiger partial charge in [-0.05, 0) is 111 Å². The van der Waals surface area contributed by atoms with Crippen molar-refractivity contribution in [2.75, 3.05) is 37.3 Å². The summed E-state index contributed by atoms with van der Waals surface area (Å²) in [5.74, 6) is -2.16. The van der Waals surface area contributed by atoms with E-state index in [1.165, 1.54) is 0 Å². The molecule has 312 valence electrons. The molecule has 12 nitrogen and oxygen atoms in total. The molecule has 0 saturated carbocycles. The van der Waals surface area contributed by atoms with Crippen LogP contribution in [0.1, 0.15) is 71.9 Å². The largest absolute Gasteiger partial charge is 1.00 e. The molecular formula is C42H54N3Na3O9S3. The van der Waals surface area contributed by atoms with Crippen LogP contribution in [-0.2, 0) is 69.3 Å². The van der Waals surface area contributed by atoms with Crippen molar-refractivity contribution in [3.8, 4) is 0 Å². The molecule has 0 spiro atoms. The molecule has 0 radical (unpaired) electrons. The van der Waals surface area contributed by atoms with Gasteiger partial charge < -0.3 is 13.7 Å². The van der Waals surface area contributed by atoms with Crippen molar-refractivity contribution < 1.29 is 128 Å². The monoisotopic (exact) mass is 909 g/mol. The van der Waals surface area contributed by atoms with Crippen molar-refractivity contribution in [3.05, 3.63) is 143 Å². The maximum absolute atomic E-state index is 12.0. The van der Waals surface area contributed by atoms with Crippen molar-refractivity contribution in [3.63, 3.8) is 0 Å². The topological polar surface area (TPSA) is 181 Å². The Bertz CT molecular complexity index is 1870. The molecule has 0 aromatic heterocycles. The number of nitrogens with zero attached hydrogens (tertiary/aromatic N) is 3. The maximum atomic E-state index is 12.0. The van der Waals surface area contributed by atoms with Crippen molar-refractivity contribution in [2.24, 2.45) is 0 Å². The minimum absolute atomic E-state index is 0. The molecule has 0 N–H and O–H groups in total. The van der Waals surface area contributed by atoms with Crippen molar-refractivity contribution in [1.82, 2.24) is 14.7 Å². The Morgan fingerprint density at radius 3 is 0.800 bits per heavy atom. The Morgan fingerprint density at radius 1 is 0.350 bits per heavy atom. The summed E-state index contributed by atoms with van der Waals surface area (Å²) in [5.41, 5.74) is 5.30. The van der Waals surface area contributed by atoms with Gasteiger partial charge in [0.05, 0.1) is 17.6 Å². The molecule has 0 fully saturated rings. The standard InChI is InChI=1S/C42H57N3O9S3.3Na/c46-55(47,48)34-43(25-13-10-22-37-16-4-1-5-17-37)31-40-28-41(32-44(35-56(49,50)51)26-14-11-23-38-18-6-2-7-19-38)30-42(29-40)33-45(36-57(52,53)54)27-15-12-24-39-20-8-3-9-21-39;;;/h1-9,16-21,28-30H,10-15,22-27,31-36H2,(H,46,47,48)(H,49,50,51)(H,52,53,54);;;/q;3*+1/p-3. The summed E-state index contributed by atoms with van der Waals surface area (Å²) in [6.07, 6.45) is 6.49. The van der Waals surface area contributed by atoms with Gasteiger partial charge in [-0.1, -0.05) is 109 Å². The molecule has 4 aromatic carbocycles. The van der Waals surface area contributed by atoms with Gasteiger partial charge in [0.1, 0.15) is 30.4 Å². The molecule has 4 rings (SSSR count). The van der Waals surface area contributed by atoms with Crippen LogP contribution >= 0.6 is 0 Å². The second kappa shape index (κ2) is 29.8. The Morgan fingerprint density at radius 2 is 0.583 bits per heavy atom. The van der Waals surface area contributed by atoms with Crippen molar-refractivity contribution in [2.45, 2.75) is 77.4 Å². The zero-order valence-corrected chi connectivity index (χ0v) is 43.8. The van der Waals surface area contributed by atoms with Crippen LogP contribution in [0.5, 0.6) is 0 Å². The SMILES string of the molecule is O=S(=O)([O-])CN(CCCCc1ccccc1)Cc1cc(CN(CCCCc2ccccc2)CS(=O)(=O)[O-])cc(CN(CCCCc2ccccc2)CS(=O)(=O)[O-])c1.[Na+].[Na+].[Na+]. The number of unbranched alkanes of at least 4 members (excludes halogenated alkanes) is 3. The second-order valence-corrected chi connectivity index (χ2v) is 18.8. The quantitative estimate of drug-likeness (QED) is 0.0331. The molecule has 0 bridgehead atoms. The van der Waals surface area contributed by atoms with Crippen LogP contribution in [0.3, 0.4) is 0 Å². The van der Waals surface area contributed by atoms with Crippen molar-refractivity contribution >= 4 is 30.4 Å². The smallest absolute Gasteiger partial charge is 0.747 e. The molecule has 0 heterocycles. The molecule has 0 aliphatic carbocycles. The third-order valence-electron chi connectivity index (χ3n) is 9.45. The van der Waals surface area contributed by atoms with E-state index >= 15 is 0 Å². The Kier molecular flexibility index (Phi) is 28.6. The maximum Gasteiger partial charge on any atom is 1.00 e. The van der Waals surface area contributed by atoms with Gasteiger partial charge in [-0.2, -0.15) is 0 Å². The molecule has 0 aliphatic heterocycles. The van der Waals surface area contributed by atoms with Crippen LogP contribution in [0.15, 0.2) is 109 Å². The fourth-order valence-corrected chi connectivity index (χ4v) is 9.06. The van der Waals surface area contributed by atoms with E-state index < -0.39 is 48.0 Å². The first-order chi connectivity index (χ1) is 27.1. The van der Waals surface area contributed by atoms with Crippen LogP contribution in [0.4, 0.5) is 0 Å². The number of aryl methyl sites for hydroxylation is 3. The summed E-state index contributed by atoms with van der Waals surface area (Å²) in [5, 5.41) is 0. The van der Waals surface area contributed by atoms with Gasteiger partial charge in [0, 0.05) is 19.6 Å². The first-order valence-electron chi connectivity index (χ1n) is 19.3. The average molecular weight is 910 g/mol. The van der Waals surface area contributed by atoms with Crippen LogP contribution < -0.4 is 88.7 Å². The second-order valence-electron chi connectivity index (χ2n) is 14.7. The summed E-state index contributed by atoms with van der Waals surface area (Å²) in [6.45, 7) is 1.16. The predicted octanol–water partition coefficient (Wildman–Crippen LogP) is -3.32. The normalized spacial score (nSPS) is 11.9. The van der Waals surface area contributed by atoms with Crippen LogP contribution in [0, 0.1) is 0 Å².